The monoisotopic (exact) mass is 393 g/mol. The number of carbonyl (C=O) groups excluding carboxylic acids is 1. The van der Waals surface area contributed by atoms with Crippen LogP contribution in [0.2, 0.25) is 5.02 Å². The van der Waals surface area contributed by atoms with Crippen LogP contribution in [0, 0.1) is 5.41 Å². The molecule has 1 aliphatic rings. The predicted octanol–water partition coefficient (Wildman–Crippen LogP) is 2.10. The number of nitrogens with zero attached hydrogens (tertiary/aromatic N) is 1. The highest BCUT2D eigenvalue weighted by atomic mass is 35.5. The van der Waals surface area contributed by atoms with Gasteiger partial charge in [0.15, 0.2) is 17.3 Å². The molecule has 0 saturated heterocycles. The van der Waals surface area contributed by atoms with Gasteiger partial charge in [0.1, 0.15) is 17.9 Å². The van der Waals surface area contributed by atoms with Crippen LogP contribution < -0.4 is 24.2 Å². The molecule has 1 aromatic heterocycles. The van der Waals surface area contributed by atoms with Crippen molar-refractivity contribution in [1.29, 1.82) is 0 Å². The second-order valence-corrected chi connectivity index (χ2v) is 8.57. The lowest BCUT2D eigenvalue weighted by molar-refractivity contribution is -0.120. The summed E-state index contributed by atoms with van der Waals surface area (Å²) >= 11 is 7.53. The molecule has 0 atom stereocenters. The maximum Gasteiger partial charge on any atom is 0.268 e. The Kier molecular flexibility index (Phi) is 4.99. The Morgan fingerprint density at radius 1 is 1.27 bits per heavy atom. The fraction of sp³-hybridized carbons (Fsp3) is 0.368. The van der Waals surface area contributed by atoms with E-state index in [-0.39, 0.29) is 11.3 Å². The first-order valence-electron chi connectivity index (χ1n) is 8.19. The van der Waals surface area contributed by atoms with E-state index in [1.54, 1.807) is 25.3 Å². The number of fused-ring (bicyclic) bond motifs is 1. The maximum absolute atomic E-state index is 12.5. The van der Waals surface area contributed by atoms with Crippen molar-refractivity contribution in [2.24, 2.45) is 12.5 Å². The van der Waals surface area contributed by atoms with E-state index >= 15 is 0 Å². The molecule has 0 aliphatic carbocycles. The number of ketones is 1. The predicted molar refractivity (Wildman–Crippen MR) is 104 cm³/mol. The van der Waals surface area contributed by atoms with Crippen molar-refractivity contribution in [2.75, 3.05) is 13.2 Å². The molecule has 1 aliphatic heterocycles. The maximum atomic E-state index is 12.5. The van der Waals surface area contributed by atoms with Gasteiger partial charge in [-0.2, -0.15) is 0 Å². The zero-order chi connectivity index (χ0) is 19.1. The molecule has 26 heavy (non-hydrogen) atoms. The Balaban J connectivity index is 2.10. The van der Waals surface area contributed by atoms with Gasteiger partial charge < -0.3 is 14.0 Å². The van der Waals surface area contributed by atoms with Crippen LogP contribution in [0.5, 0.6) is 11.5 Å². The van der Waals surface area contributed by atoms with E-state index in [0.717, 1.165) is 5.56 Å². The van der Waals surface area contributed by atoms with E-state index in [2.05, 4.69) is 0 Å². The van der Waals surface area contributed by atoms with Crippen molar-refractivity contribution in [3.05, 3.63) is 42.3 Å². The number of thiazole rings is 1. The smallest absolute Gasteiger partial charge is 0.268 e. The van der Waals surface area contributed by atoms with Crippen molar-refractivity contribution in [2.45, 2.75) is 20.8 Å². The highest BCUT2D eigenvalue weighted by molar-refractivity contribution is 7.07. The zero-order valence-electron chi connectivity index (χ0n) is 15.1. The fourth-order valence-corrected chi connectivity index (χ4v) is 3.71. The highest BCUT2D eigenvalue weighted by Gasteiger charge is 2.19. The van der Waals surface area contributed by atoms with Crippen molar-refractivity contribution in [3.63, 3.8) is 0 Å². The number of ether oxygens (including phenoxy) is 2. The summed E-state index contributed by atoms with van der Waals surface area (Å²) in [5, 5.41) is 0.441. The lowest BCUT2D eigenvalue weighted by Crippen LogP contribution is -2.30. The SMILES string of the molecule is Cn1c(=O)/c(=C\c2cc(Cl)c3c(c2)OCCO3)s/c1=C\C(=O)C(C)(C)C. The van der Waals surface area contributed by atoms with Crippen molar-refractivity contribution in [1.82, 2.24) is 4.57 Å². The molecule has 0 spiro atoms. The van der Waals surface area contributed by atoms with Gasteiger partial charge in [0, 0.05) is 18.5 Å². The number of rotatable bonds is 2. The van der Waals surface area contributed by atoms with Gasteiger partial charge in [-0.05, 0) is 23.8 Å². The van der Waals surface area contributed by atoms with Gasteiger partial charge in [-0.3, -0.25) is 9.59 Å². The van der Waals surface area contributed by atoms with Gasteiger partial charge in [0.2, 0.25) is 0 Å². The van der Waals surface area contributed by atoms with E-state index in [9.17, 15) is 9.59 Å². The largest absolute Gasteiger partial charge is 0.486 e. The molecule has 0 saturated carbocycles. The number of hydrogen-bond donors (Lipinski definition) is 0. The summed E-state index contributed by atoms with van der Waals surface area (Å²) in [4.78, 5) is 24.8. The first kappa shape index (κ1) is 18.7. The molecule has 2 aromatic rings. The molecular formula is C19H20ClNO4S. The molecule has 2 heterocycles. The number of aromatic nitrogens is 1. The van der Waals surface area contributed by atoms with Crippen LogP contribution in [0.3, 0.4) is 0 Å². The summed E-state index contributed by atoms with van der Waals surface area (Å²) in [5.41, 5.74) is 0.0914. The van der Waals surface area contributed by atoms with Crippen LogP contribution in [0.25, 0.3) is 12.2 Å². The lowest BCUT2D eigenvalue weighted by atomic mass is 9.91. The van der Waals surface area contributed by atoms with Crippen molar-refractivity contribution >= 4 is 40.9 Å². The molecule has 0 bridgehead atoms. The third-order valence-corrected chi connectivity index (χ3v) is 5.37. The van der Waals surface area contributed by atoms with Gasteiger partial charge in [-0.15, -0.1) is 11.3 Å². The number of Topliss-reactive ketones (excluding diaryl/α,β-unsaturated/α-hetero) is 1. The molecule has 0 fully saturated rings. The Morgan fingerprint density at radius 3 is 2.65 bits per heavy atom. The summed E-state index contributed by atoms with van der Waals surface area (Å²) in [5.74, 6) is 1.07. The van der Waals surface area contributed by atoms with E-state index < -0.39 is 5.41 Å². The van der Waals surface area contributed by atoms with E-state index in [4.69, 9.17) is 21.1 Å². The van der Waals surface area contributed by atoms with E-state index in [0.29, 0.717) is 38.9 Å². The van der Waals surface area contributed by atoms with Gasteiger partial charge >= 0.3 is 0 Å². The van der Waals surface area contributed by atoms with Crippen LogP contribution in [-0.4, -0.2) is 23.6 Å². The summed E-state index contributed by atoms with van der Waals surface area (Å²) in [6.45, 7) is 6.47. The molecule has 0 N–H and O–H groups in total. The van der Waals surface area contributed by atoms with E-state index in [1.807, 2.05) is 20.8 Å². The summed E-state index contributed by atoms with van der Waals surface area (Å²) in [7, 11) is 1.66. The molecule has 5 nitrogen and oxygen atoms in total. The minimum Gasteiger partial charge on any atom is -0.486 e. The first-order valence-corrected chi connectivity index (χ1v) is 9.39. The van der Waals surface area contributed by atoms with E-state index in [1.165, 1.54) is 22.0 Å². The number of benzene rings is 1. The fourth-order valence-electron chi connectivity index (χ4n) is 2.40. The molecule has 0 amide bonds. The third-order valence-electron chi connectivity index (χ3n) is 3.97. The minimum absolute atomic E-state index is 0.0247. The Bertz CT molecular complexity index is 1040. The second-order valence-electron chi connectivity index (χ2n) is 7.10. The summed E-state index contributed by atoms with van der Waals surface area (Å²) < 4.78 is 13.7. The molecule has 7 heteroatoms. The molecule has 0 radical (unpaired) electrons. The third kappa shape index (κ3) is 3.71. The Labute approximate surface area is 160 Å². The zero-order valence-corrected chi connectivity index (χ0v) is 16.7. The summed E-state index contributed by atoms with van der Waals surface area (Å²) in [6.07, 6.45) is 3.27. The lowest BCUT2D eigenvalue weighted by Gasteiger charge is -2.19. The number of hydrogen-bond acceptors (Lipinski definition) is 5. The molecule has 1 aromatic carbocycles. The Morgan fingerprint density at radius 2 is 1.96 bits per heavy atom. The van der Waals surface area contributed by atoms with Gasteiger partial charge in [0.25, 0.3) is 5.56 Å². The van der Waals surface area contributed by atoms with Gasteiger partial charge in [0.05, 0.1) is 9.55 Å². The van der Waals surface area contributed by atoms with Crippen LogP contribution in [0.4, 0.5) is 0 Å². The van der Waals surface area contributed by atoms with Crippen molar-refractivity contribution < 1.29 is 14.3 Å². The molecule has 0 unspecified atom stereocenters. The van der Waals surface area contributed by atoms with Crippen LogP contribution in [0.15, 0.2) is 16.9 Å². The first-order chi connectivity index (χ1) is 12.2. The molecular weight excluding hydrogens is 374 g/mol. The summed E-state index contributed by atoms with van der Waals surface area (Å²) in [6, 6.07) is 3.53. The quantitative estimate of drug-likeness (QED) is 0.784. The van der Waals surface area contributed by atoms with Crippen LogP contribution >= 0.6 is 22.9 Å². The van der Waals surface area contributed by atoms with Crippen LogP contribution in [0.1, 0.15) is 26.3 Å². The van der Waals surface area contributed by atoms with Crippen molar-refractivity contribution in [3.8, 4) is 11.5 Å². The number of carbonyl (C=O) groups is 1. The molecule has 3 rings (SSSR count). The standard InChI is InChI=1S/C19H20ClNO4S/c1-19(2,3)15(22)10-16-21(4)18(23)14(26-16)9-11-7-12(20)17-13(8-11)24-5-6-25-17/h7-10H,5-6H2,1-4H3/b14-9+,16-10-. The molecule has 138 valence electrons. The average Bonchev–Trinajstić information content (AvgIpc) is 2.82. The normalized spacial score (nSPS) is 15.4. The topological polar surface area (TPSA) is 57.5 Å². The van der Waals surface area contributed by atoms with Crippen LogP contribution in [-0.2, 0) is 11.8 Å². The van der Waals surface area contributed by atoms with Gasteiger partial charge in [-0.25, -0.2) is 0 Å². The van der Waals surface area contributed by atoms with Gasteiger partial charge in [-0.1, -0.05) is 32.4 Å². The number of halogens is 1. The second kappa shape index (κ2) is 6.93. The highest BCUT2D eigenvalue weighted by Crippen LogP contribution is 2.38. The minimum atomic E-state index is -0.493. The average molecular weight is 394 g/mol. The Hall–Kier alpha value is -2.05.